The van der Waals surface area contributed by atoms with E-state index in [1.165, 1.54) is 17.0 Å². The second-order valence-corrected chi connectivity index (χ2v) is 20.8. The highest BCUT2D eigenvalue weighted by atomic mass is 32.2. The molecule has 1 unspecified atom stereocenters. The minimum absolute atomic E-state index is 0.0538. The standard InChI is InChI=1S/C38H44N2O7SSi/c1-38(2,3)49(4,5)47-36(31-10-9-21-39-23-31)25-40(37(42)43)24-32-19-17-30-22-29(18-20-35(30)46-32)27-13-15-28(16-14-27)34(41)26-48(44,45)33-11-7-6-8-12-33/h6-16,18,20-23,32,36H,17,19,24-26H2,1-5H3,(H,42,43)/t32-,36?/m1/s1. The van der Waals surface area contributed by atoms with Crippen molar-refractivity contribution in [2.75, 3.05) is 18.8 Å². The third-order valence-corrected chi connectivity index (χ3v) is 15.6. The van der Waals surface area contributed by atoms with Gasteiger partial charge in [0.2, 0.25) is 0 Å². The average Bonchev–Trinajstić information content (AvgIpc) is 3.07. The molecule has 2 heterocycles. The van der Waals surface area contributed by atoms with E-state index in [0.717, 1.165) is 22.3 Å². The van der Waals surface area contributed by atoms with Gasteiger partial charge < -0.3 is 19.2 Å². The molecule has 4 aromatic rings. The molecule has 0 radical (unpaired) electrons. The van der Waals surface area contributed by atoms with Crippen molar-refractivity contribution in [3.63, 3.8) is 0 Å². The zero-order valence-electron chi connectivity index (χ0n) is 28.6. The molecule has 1 aliphatic rings. The Morgan fingerprint density at radius 2 is 1.69 bits per heavy atom. The van der Waals surface area contributed by atoms with Gasteiger partial charge in [0, 0.05) is 18.0 Å². The Bertz CT molecular complexity index is 1880. The van der Waals surface area contributed by atoms with Crippen LogP contribution in [0.1, 0.15) is 54.8 Å². The van der Waals surface area contributed by atoms with Gasteiger partial charge in [0.1, 0.15) is 17.6 Å². The third kappa shape index (κ3) is 8.83. The molecule has 0 fully saturated rings. The molecule has 1 amide bonds. The molecule has 0 bridgehead atoms. The summed E-state index contributed by atoms with van der Waals surface area (Å²) in [6, 6.07) is 24.5. The average molecular weight is 701 g/mol. The molecule has 0 saturated carbocycles. The van der Waals surface area contributed by atoms with E-state index >= 15 is 0 Å². The fraction of sp³-hybridized carbons (Fsp3) is 0.342. The lowest BCUT2D eigenvalue weighted by atomic mass is 9.96. The minimum Gasteiger partial charge on any atom is -0.488 e. The summed E-state index contributed by atoms with van der Waals surface area (Å²) in [4.78, 5) is 31.1. The predicted molar refractivity (Wildman–Crippen MR) is 192 cm³/mol. The lowest BCUT2D eigenvalue weighted by molar-refractivity contribution is 0.0688. The molecule has 0 aliphatic carbocycles. The molecular weight excluding hydrogens is 657 g/mol. The van der Waals surface area contributed by atoms with E-state index in [1.807, 2.05) is 42.5 Å². The van der Waals surface area contributed by atoms with Gasteiger partial charge in [0.05, 0.1) is 24.1 Å². The second kappa shape index (κ2) is 14.7. The smallest absolute Gasteiger partial charge is 0.407 e. The lowest BCUT2D eigenvalue weighted by Crippen LogP contribution is -2.46. The maximum Gasteiger partial charge on any atom is 0.407 e. The topological polar surface area (TPSA) is 123 Å². The van der Waals surface area contributed by atoms with Gasteiger partial charge in [-0.05, 0) is 83.6 Å². The van der Waals surface area contributed by atoms with Crippen LogP contribution in [0.4, 0.5) is 4.79 Å². The fourth-order valence-corrected chi connectivity index (χ4v) is 8.08. The first-order valence-electron chi connectivity index (χ1n) is 16.4. The van der Waals surface area contributed by atoms with E-state index in [1.54, 1.807) is 42.7 Å². The molecule has 2 atom stereocenters. The molecule has 1 N–H and O–H groups in total. The van der Waals surface area contributed by atoms with Gasteiger partial charge in [0.25, 0.3) is 0 Å². The summed E-state index contributed by atoms with van der Waals surface area (Å²) in [5, 5.41) is 10.2. The SMILES string of the molecule is CC(C)(C)[Si](C)(C)OC(CN(C[C@H]1CCc2cc(-c3ccc(C(=O)CS(=O)(=O)c4ccccc4)cc3)ccc2O1)C(=O)O)c1cccnc1. The number of carbonyl (C=O) groups is 2. The normalized spacial score (nSPS) is 15.5. The van der Waals surface area contributed by atoms with Gasteiger partial charge in [-0.1, -0.05) is 75.4 Å². The van der Waals surface area contributed by atoms with E-state index in [-0.39, 0.29) is 29.1 Å². The Balaban J connectivity index is 1.25. The van der Waals surface area contributed by atoms with Gasteiger partial charge in [-0.3, -0.25) is 9.78 Å². The number of aromatic nitrogens is 1. The minimum atomic E-state index is -3.74. The molecule has 1 aliphatic heterocycles. The monoisotopic (exact) mass is 700 g/mol. The van der Waals surface area contributed by atoms with Crippen molar-refractivity contribution in [1.82, 2.24) is 9.88 Å². The lowest BCUT2D eigenvalue weighted by Gasteiger charge is -2.40. The summed E-state index contributed by atoms with van der Waals surface area (Å²) in [6.45, 7) is 11.2. The Hall–Kier alpha value is -4.32. The number of ether oxygens (including phenoxy) is 1. The van der Waals surface area contributed by atoms with Gasteiger partial charge in [-0.15, -0.1) is 0 Å². The van der Waals surface area contributed by atoms with Crippen LogP contribution in [-0.2, 0) is 20.7 Å². The van der Waals surface area contributed by atoms with Crippen LogP contribution in [0.25, 0.3) is 11.1 Å². The molecule has 0 spiro atoms. The second-order valence-electron chi connectivity index (χ2n) is 14.0. The highest BCUT2D eigenvalue weighted by Gasteiger charge is 2.40. The first kappa shape index (κ1) is 36.0. The number of Topliss-reactive ketones (excluding diaryl/α,β-unsaturated/α-hetero) is 1. The number of carbonyl (C=O) groups excluding carboxylic acids is 1. The summed E-state index contributed by atoms with van der Waals surface area (Å²) >= 11 is 0. The van der Waals surface area contributed by atoms with Crippen molar-refractivity contribution in [2.45, 2.75) is 68.8 Å². The maximum absolute atomic E-state index is 12.8. The number of ketones is 1. The van der Waals surface area contributed by atoms with Crippen LogP contribution in [0.2, 0.25) is 18.1 Å². The quantitative estimate of drug-likeness (QED) is 0.117. The number of aryl methyl sites for hydroxylation is 1. The highest BCUT2D eigenvalue weighted by Crippen LogP contribution is 2.40. The largest absolute Gasteiger partial charge is 0.488 e. The number of benzene rings is 3. The van der Waals surface area contributed by atoms with Gasteiger partial charge >= 0.3 is 6.09 Å². The molecule has 0 saturated heterocycles. The van der Waals surface area contributed by atoms with E-state index in [4.69, 9.17) is 9.16 Å². The number of nitrogens with zero attached hydrogens (tertiary/aromatic N) is 2. The number of pyridine rings is 1. The Kier molecular flexibility index (Phi) is 10.8. The summed E-state index contributed by atoms with van der Waals surface area (Å²) < 4.78 is 38.4. The van der Waals surface area contributed by atoms with Crippen LogP contribution in [0, 0.1) is 0 Å². The number of hydrogen-bond donors (Lipinski definition) is 1. The van der Waals surface area contributed by atoms with E-state index < -0.39 is 41.9 Å². The van der Waals surface area contributed by atoms with Crippen molar-refractivity contribution < 1.29 is 32.3 Å². The van der Waals surface area contributed by atoms with Crippen LogP contribution >= 0.6 is 0 Å². The van der Waals surface area contributed by atoms with Crippen LogP contribution in [0.3, 0.4) is 0 Å². The fourth-order valence-electron chi connectivity index (χ4n) is 5.55. The van der Waals surface area contributed by atoms with Gasteiger partial charge in [-0.2, -0.15) is 0 Å². The summed E-state index contributed by atoms with van der Waals surface area (Å²) in [5.74, 6) is -0.348. The number of amides is 1. The van der Waals surface area contributed by atoms with Crippen LogP contribution in [0.5, 0.6) is 5.75 Å². The maximum atomic E-state index is 12.8. The van der Waals surface area contributed by atoms with Crippen LogP contribution in [0.15, 0.2) is 102 Å². The summed E-state index contributed by atoms with van der Waals surface area (Å²) in [5.41, 5.74) is 4.00. The Morgan fingerprint density at radius 1 is 1.00 bits per heavy atom. The molecule has 49 heavy (non-hydrogen) atoms. The molecule has 258 valence electrons. The number of sulfone groups is 1. The molecule has 5 rings (SSSR count). The zero-order valence-corrected chi connectivity index (χ0v) is 30.4. The highest BCUT2D eigenvalue weighted by molar-refractivity contribution is 7.92. The third-order valence-electron chi connectivity index (χ3n) is 9.43. The van der Waals surface area contributed by atoms with Crippen LogP contribution < -0.4 is 4.74 Å². The predicted octanol–water partition coefficient (Wildman–Crippen LogP) is 7.84. The molecule has 9 nitrogen and oxygen atoms in total. The number of hydrogen-bond acceptors (Lipinski definition) is 7. The van der Waals surface area contributed by atoms with Crippen molar-refractivity contribution in [2.24, 2.45) is 0 Å². The summed E-state index contributed by atoms with van der Waals surface area (Å²) in [7, 11) is -5.97. The summed E-state index contributed by atoms with van der Waals surface area (Å²) in [6.07, 6.45) is 2.97. The van der Waals surface area contributed by atoms with Gasteiger partial charge in [-0.25, -0.2) is 13.2 Å². The van der Waals surface area contributed by atoms with Crippen LogP contribution in [-0.4, -0.2) is 68.5 Å². The van der Waals surface area contributed by atoms with E-state index in [2.05, 4.69) is 38.8 Å². The first-order chi connectivity index (χ1) is 23.1. The van der Waals surface area contributed by atoms with Gasteiger partial charge in [0.15, 0.2) is 23.9 Å². The zero-order chi connectivity index (χ0) is 35.4. The molecule has 11 heteroatoms. The number of carboxylic acid groups (broad SMARTS) is 1. The van der Waals surface area contributed by atoms with E-state index in [0.29, 0.717) is 24.2 Å². The van der Waals surface area contributed by atoms with Crippen molar-refractivity contribution in [3.05, 3.63) is 114 Å². The number of fused-ring (bicyclic) bond motifs is 1. The number of rotatable bonds is 12. The Morgan fingerprint density at radius 3 is 2.33 bits per heavy atom. The Labute approximate surface area is 290 Å². The molecule has 3 aromatic carbocycles. The van der Waals surface area contributed by atoms with Crippen molar-refractivity contribution in [3.8, 4) is 16.9 Å². The first-order valence-corrected chi connectivity index (χ1v) is 21.0. The van der Waals surface area contributed by atoms with Crippen molar-refractivity contribution in [1.29, 1.82) is 0 Å². The molecule has 1 aromatic heterocycles. The van der Waals surface area contributed by atoms with Crippen molar-refractivity contribution >= 4 is 30.0 Å². The molecular formula is C38H44N2O7SSi. The van der Waals surface area contributed by atoms with E-state index in [9.17, 15) is 23.1 Å².